The maximum Gasteiger partial charge on any atom is 0.0713 e. The van der Waals surface area contributed by atoms with E-state index in [4.69, 9.17) is 4.74 Å². The van der Waals surface area contributed by atoms with Gasteiger partial charge in [0.2, 0.25) is 0 Å². The first kappa shape index (κ1) is 28.0. The third kappa shape index (κ3) is 1.52. The molecule has 22 atom stereocenters. The Hall–Kier alpha value is -5.41. The van der Waals surface area contributed by atoms with Crippen LogP contribution in [-0.4, -0.2) is 7.11 Å². The van der Waals surface area contributed by atoms with Gasteiger partial charge in [-0.15, -0.1) is 11.8 Å². The molecule has 1 nitrogen and oxygen atoms in total. The van der Waals surface area contributed by atoms with Crippen molar-refractivity contribution in [3.05, 3.63) is 141 Å². The topological polar surface area (TPSA) is 9.23 Å². The fraction of sp³-hybridized carbons (Fsp3) is 0.353. The smallest absolute Gasteiger partial charge is 0.0713 e. The van der Waals surface area contributed by atoms with Gasteiger partial charge in [-0.3, -0.25) is 0 Å². The summed E-state index contributed by atoms with van der Waals surface area (Å²) in [6.07, 6.45) is 0. The van der Waals surface area contributed by atoms with E-state index in [0.717, 1.165) is 6.61 Å². The minimum Gasteiger partial charge on any atom is -0.380 e. The van der Waals surface area contributed by atoms with E-state index in [9.17, 15) is 0 Å². The van der Waals surface area contributed by atoms with Crippen molar-refractivity contribution in [3.63, 3.8) is 0 Å². The molecule has 23 aliphatic rings. The highest BCUT2D eigenvalue weighted by molar-refractivity contribution is 8.00. The lowest BCUT2D eigenvalue weighted by Gasteiger charge is -2.65. The zero-order valence-corrected chi connectivity index (χ0v) is 38.1. The van der Waals surface area contributed by atoms with Gasteiger partial charge < -0.3 is 4.74 Å². The number of ether oxygens (including phenoxy) is 1. The van der Waals surface area contributed by atoms with Crippen LogP contribution in [0.2, 0.25) is 0 Å². The lowest BCUT2D eigenvalue weighted by molar-refractivity contribution is 0.0341. The summed E-state index contributed by atoms with van der Waals surface area (Å²) in [4.78, 5) is 1.68. The molecule has 0 saturated heterocycles. The Morgan fingerprint density at radius 2 is 0.686 bits per heavy atom. The summed E-state index contributed by atoms with van der Waals surface area (Å²) >= 11 is 2.54. The van der Waals surface area contributed by atoms with Crippen molar-refractivity contribution in [2.24, 2.45) is 11.8 Å². The Morgan fingerprint density at radius 1 is 0.357 bits per heavy atom. The van der Waals surface area contributed by atoms with Crippen LogP contribution in [0.25, 0.3) is 97.3 Å². The van der Waals surface area contributed by atoms with Gasteiger partial charge in [0.1, 0.15) is 0 Å². The van der Waals surface area contributed by atoms with Gasteiger partial charge in [0, 0.05) is 17.4 Å². The zero-order chi connectivity index (χ0) is 41.5. The molecule has 70 heavy (non-hydrogen) atoms. The highest BCUT2D eigenvalue weighted by Gasteiger charge is 2.89. The van der Waals surface area contributed by atoms with Crippen molar-refractivity contribution in [1.82, 2.24) is 0 Å². The third-order valence-corrected chi connectivity index (χ3v) is 32.2. The maximum atomic E-state index is 6.05. The molecule has 1 fully saturated rings. The summed E-state index contributed by atoms with van der Waals surface area (Å²) in [5, 5.41) is 30.6. The summed E-state index contributed by atoms with van der Waals surface area (Å²) in [5.41, 5.74) is 47.5. The number of methoxy groups -OCH3 is 1. The summed E-state index contributed by atoms with van der Waals surface area (Å²) in [6.45, 7) is 0.718. The predicted octanol–water partition coefficient (Wildman–Crippen LogP) is 14.6. The second kappa shape index (κ2) is 6.51. The maximum absolute atomic E-state index is 6.05. The molecular formula is C68H28OS. The second-order valence-corrected chi connectivity index (χ2v) is 30.7. The highest BCUT2D eigenvalue weighted by Crippen LogP contribution is 3.01. The fourth-order valence-corrected chi connectivity index (χ4v) is 34.3. The van der Waals surface area contributed by atoms with Crippen molar-refractivity contribution in [3.8, 4) is 11.1 Å². The Kier molecular flexibility index (Phi) is 2.60. The van der Waals surface area contributed by atoms with Gasteiger partial charge in [0.05, 0.1) is 11.4 Å². The van der Waals surface area contributed by atoms with Crippen molar-refractivity contribution in [2.45, 2.75) is 128 Å². The summed E-state index contributed by atoms with van der Waals surface area (Å²) < 4.78 is 6.08. The molecule has 1 aliphatic heterocycles. The van der Waals surface area contributed by atoms with E-state index in [0.29, 0.717) is 118 Å². The minimum atomic E-state index is 0.00610. The molecule has 0 radical (unpaired) electrons. The van der Waals surface area contributed by atoms with E-state index in [2.05, 4.69) is 30.0 Å². The number of hydrogen-bond acceptors (Lipinski definition) is 2. The lowest BCUT2D eigenvalue weighted by atomic mass is 9.39. The molecule has 22 unspecified atom stereocenters. The quantitative estimate of drug-likeness (QED) is 0.160. The molecule has 0 aromatic heterocycles. The summed E-state index contributed by atoms with van der Waals surface area (Å²) in [6, 6.07) is 8.13. The van der Waals surface area contributed by atoms with Crippen LogP contribution in [0.1, 0.15) is 229 Å². The molecule has 0 bridgehead atoms. The number of thioether (sulfide) groups is 1. The van der Waals surface area contributed by atoms with Crippen LogP contribution < -0.4 is 0 Å². The molecule has 2 spiro atoms. The number of rotatable bonds is 2. The largest absolute Gasteiger partial charge is 0.380 e. The van der Waals surface area contributed by atoms with Crippen molar-refractivity contribution < 1.29 is 4.74 Å². The van der Waals surface area contributed by atoms with Gasteiger partial charge in [-0.05, 0) is 344 Å². The standard InChI is InChI=1S/C68H28OS/c1-69-5-6-2-3-7-8(4-6)70-68-65-59-53-43-31-23-15-11-9-10-13-17(15)25(31)35-29-21(13)22-14(10)18-16-12(9)20-19(11)27-33(23)41-47-37(27)38-28(20)34-24(16)32-26(18)36-30(22)40-39(29)51(45(35)53)61(65)62-52(40)46(36)54-44(32)50-42(34)48(38)56-55(47)63(57(59)49(41)43)67(7,68)64(56)58(50)60(54)66(62)68/h2-4,11,13,15,17,19,21,27,29,37-40,48,52,56,58,60,62,64,66H,5H2,1H3. The van der Waals surface area contributed by atoms with Crippen LogP contribution in [0, 0.1) is 11.8 Å². The van der Waals surface area contributed by atoms with Gasteiger partial charge in [-0.25, -0.2) is 0 Å². The van der Waals surface area contributed by atoms with Gasteiger partial charge in [-0.2, -0.15) is 0 Å². The van der Waals surface area contributed by atoms with Crippen molar-refractivity contribution in [1.29, 1.82) is 0 Å². The van der Waals surface area contributed by atoms with Crippen LogP contribution >= 0.6 is 11.8 Å². The predicted molar refractivity (Wildman–Crippen MR) is 267 cm³/mol. The Balaban J connectivity index is 1.02. The van der Waals surface area contributed by atoms with E-state index < -0.39 is 0 Å². The van der Waals surface area contributed by atoms with E-state index in [1.165, 1.54) is 5.56 Å². The van der Waals surface area contributed by atoms with Crippen LogP contribution in [0.15, 0.2) is 23.1 Å². The molecule has 11 aromatic rings. The van der Waals surface area contributed by atoms with E-state index in [1.807, 2.05) is 221 Å². The van der Waals surface area contributed by atoms with Crippen LogP contribution in [0.4, 0.5) is 0 Å². The van der Waals surface area contributed by atoms with Crippen molar-refractivity contribution >= 4 is 97.9 Å². The van der Waals surface area contributed by atoms with Crippen LogP contribution in [-0.2, 0) is 21.5 Å². The number of benzene rings is 10. The first-order valence-electron chi connectivity index (χ1n) is 28.4. The van der Waals surface area contributed by atoms with E-state index in [1.54, 1.807) is 4.90 Å². The van der Waals surface area contributed by atoms with Gasteiger partial charge in [0.15, 0.2) is 0 Å². The average Bonchev–Trinajstić information content (AvgIpc) is 4.27. The molecule has 22 aliphatic carbocycles. The molecule has 2 heteroatoms. The zero-order valence-electron chi connectivity index (χ0n) is 37.3. The van der Waals surface area contributed by atoms with Gasteiger partial charge >= 0.3 is 0 Å². The average molecular weight is 893 g/mol. The first-order valence-corrected chi connectivity index (χ1v) is 29.2. The molecule has 0 N–H and O–H groups in total. The summed E-state index contributed by atoms with van der Waals surface area (Å²) in [7, 11) is 1.93. The van der Waals surface area contributed by atoms with Gasteiger partial charge in [-0.1, -0.05) is 12.1 Å². The number of hydrogen-bond donors (Lipinski definition) is 0. The first-order chi connectivity index (χ1) is 34.9. The normalized spacial score (nSPS) is 48.0. The van der Waals surface area contributed by atoms with Crippen molar-refractivity contribution in [2.75, 3.05) is 7.11 Å². The van der Waals surface area contributed by atoms with E-state index >= 15 is 0 Å². The number of fused-ring (bicyclic) bond motifs is 1. The molecule has 0 amide bonds. The molecule has 312 valence electrons. The van der Waals surface area contributed by atoms with Crippen LogP contribution in [0.3, 0.4) is 0 Å². The monoisotopic (exact) mass is 892 g/mol. The fourth-order valence-electron chi connectivity index (χ4n) is 32.1. The van der Waals surface area contributed by atoms with Gasteiger partial charge in [0.25, 0.3) is 0 Å². The molecular weight excluding hydrogens is 865 g/mol. The Bertz CT molecular complexity index is 5470. The van der Waals surface area contributed by atoms with E-state index in [-0.39, 0.29) is 10.2 Å². The molecule has 1 saturated carbocycles. The Labute approximate surface area is 399 Å². The Morgan fingerprint density at radius 3 is 1.14 bits per heavy atom. The third-order valence-electron chi connectivity index (χ3n) is 30.6. The molecule has 34 rings (SSSR count). The highest BCUT2D eigenvalue weighted by atomic mass is 32.2. The lowest BCUT2D eigenvalue weighted by Crippen LogP contribution is -2.62. The van der Waals surface area contributed by atoms with Crippen LogP contribution in [0.5, 0.6) is 0 Å². The second-order valence-electron chi connectivity index (χ2n) is 29.4. The molecule has 1 heterocycles. The minimum absolute atomic E-state index is 0.00610. The summed E-state index contributed by atoms with van der Waals surface area (Å²) in [5.74, 6) is 13.2. The SMILES string of the molecule is COCc1ccc2c(c1)SC13c4c5c6c7c8c9c%10c%11c%12c%13c%14c%15c(c%16c%13c%10c7c4-%16)C21C1C%15C2c4c7c%10c%13c%15c%16c%17c%18c%19c%20c%21c%22c%23c(c4c4c%22c%19c%16c%104)C2C%14C%12C%23C%21C%11C9C%20C%18C8C6C%17C%15C5C3C%13C71. The molecule has 11 aromatic carbocycles.